The third-order valence-electron chi connectivity index (χ3n) is 6.87. The van der Waals surface area contributed by atoms with Crippen LogP contribution in [0.4, 0.5) is 10.1 Å². The quantitative estimate of drug-likeness (QED) is 0.140. The van der Waals surface area contributed by atoms with Crippen LogP contribution in [0.5, 0.6) is 11.8 Å². The molecule has 3 heterocycles. The van der Waals surface area contributed by atoms with Gasteiger partial charge in [0.2, 0.25) is 0 Å². The van der Waals surface area contributed by atoms with Crippen molar-refractivity contribution in [3.63, 3.8) is 0 Å². The fourth-order valence-electron chi connectivity index (χ4n) is 4.96. The number of ether oxygens (including phenoxy) is 2. The minimum absolute atomic E-state index is 0.0294. The number of benzene rings is 2. The molecule has 0 radical (unpaired) electrons. The number of non-ortho nitro benzene ring substituents is 1. The van der Waals surface area contributed by atoms with Gasteiger partial charge in [0.25, 0.3) is 5.69 Å². The lowest BCUT2D eigenvalue weighted by Gasteiger charge is -2.21. The lowest BCUT2D eigenvalue weighted by Crippen LogP contribution is -2.08. The Labute approximate surface area is 236 Å². The lowest BCUT2D eigenvalue weighted by molar-refractivity contribution is -0.384. The minimum Gasteiger partial charge on any atom is -0.421 e. The Kier molecular flexibility index (Phi) is 7.71. The smallest absolute Gasteiger partial charge is 0.322 e. The fraction of sp³-hybridized carbons (Fsp3) is 0.267. The van der Waals surface area contributed by atoms with Crippen LogP contribution in [0.1, 0.15) is 43.3 Å². The molecule has 0 aliphatic rings. The van der Waals surface area contributed by atoms with Crippen LogP contribution in [0.25, 0.3) is 33.4 Å². The molecule has 0 amide bonds. The monoisotopic (exact) mass is 556 g/mol. The van der Waals surface area contributed by atoms with Crippen molar-refractivity contribution in [2.24, 2.45) is 7.05 Å². The van der Waals surface area contributed by atoms with E-state index in [0.29, 0.717) is 51.6 Å². The van der Waals surface area contributed by atoms with Gasteiger partial charge < -0.3 is 14.0 Å². The second kappa shape index (κ2) is 11.4. The standard InChI is InChI=1S/C30H29FN6O4/c1-6-15-40-19(4)25-22(11-12-23(27(25)31)41-30-32-14-13-17(2)35-30)26-24-18(3)33-16-34-29(24)36(5)28(26)20-7-9-21(10-8-20)37(38)39/h7-14,16,19H,6,15H2,1-5H3. The summed E-state index contributed by atoms with van der Waals surface area (Å²) in [7, 11) is 1.86. The highest BCUT2D eigenvalue weighted by atomic mass is 19.1. The summed E-state index contributed by atoms with van der Waals surface area (Å²) in [5, 5.41) is 12.1. The van der Waals surface area contributed by atoms with Crippen molar-refractivity contribution in [1.82, 2.24) is 24.5 Å². The van der Waals surface area contributed by atoms with E-state index < -0.39 is 16.8 Å². The molecule has 1 atom stereocenters. The summed E-state index contributed by atoms with van der Waals surface area (Å²) in [4.78, 5) is 28.2. The van der Waals surface area contributed by atoms with E-state index in [1.807, 2.05) is 25.5 Å². The van der Waals surface area contributed by atoms with E-state index in [4.69, 9.17) is 9.47 Å². The average molecular weight is 557 g/mol. The highest BCUT2D eigenvalue weighted by molar-refractivity contribution is 6.05. The number of fused-ring (bicyclic) bond motifs is 1. The molecule has 0 aliphatic heterocycles. The molecule has 5 rings (SSSR count). The predicted molar refractivity (Wildman–Crippen MR) is 152 cm³/mol. The van der Waals surface area contributed by atoms with Gasteiger partial charge in [0.1, 0.15) is 12.0 Å². The van der Waals surface area contributed by atoms with Crippen molar-refractivity contribution >= 4 is 16.7 Å². The maximum Gasteiger partial charge on any atom is 0.322 e. The largest absolute Gasteiger partial charge is 0.421 e. The molecule has 3 aromatic heterocycles. The molecule has 2 aromatic carbocycles. The van der Waals surface area contributed by atoms with Crippen molar-refractivity contribution < 1.29 is 18.8 Å². The maximum absolute atomic E-state index is 16.5. The molecule has 0 saturated heterocycles. The summed E-state index contributed by atoms with van der Waals surface area (Å²) in [6.45, 7) is 7.87. The highest BCUT2D eigenvalue weighted by Crippen LogP contribution is 2.46. The zero-order valence-electron chi connectivity index (χ0n) is 23.4. The first-order chi connectivity index (χ1) is 19.7. The van der Waals surface area contributed by atoms with Gasteiger partial charge in [-0.25, -0.2) is 24.3 Å². The molecule has 210 valence electrons. The van der Waals surface area contributed by atoms with E-state index in [1.54, 1.807) is 50.4 Å². The van der Waals surface area contributed by atoms with E-state index in [1.165, 1.54) is 18.5 Å². The van der Waals surface area contributed by atoms with Gasteiger partial charge >= 0.3 is 6.01 Å². The van der Waals surface area contributed by atoms with Gasteiger partial charge in [0.05, 0.1) is 22.4 Å². The zero-order valence-corrected chi connectivity index (χ0v) is 23.4. The van der Waals surface area contributed by atoms with E-state index in [0.717, 1.165) is 11.8 Å². The zero-order chi connectivity index (χ0) is 29.3. The summed E-state index contributed by atoms with van der Waals surface area (Å²) >= 11 is 0. The Hall–Kier alpha value is -4.77. The third kappa shape index (κ3) is 5.23. The number of aromatic nitrogens is 5. The Morgan fingerprint density at radius 1 is 1.07 bits per heavy atom. The number of rotatable bonds is 9. The molecule has 5 aromatic rings. The number of nitrogens with zero attached hydrogens (tertiary/aromatic N) is 6. The Bertz CT molecular complexity index is 1750. The van der Waals surface area contributed by atoms with Crippen LogP contribution < -0.4 is 4.74 Å². The molecule has 0 bridgehead atoms. The molecule has 0 saturated carbocycles. The lowest BCUT2D eigenvalue weighted by atomic mass is 9.91. The Morgan fingerprint density at radius 2 is 1.83 bits per heavy atom. The summed E-state index contributed by atoms with van der Waals surface area (Å²) in [5.41, 5.74) is 4.96. The van der Waals surface area contributed by atoms with E-state index in [9.17, 15) is 10.1 Å². The van der Waals surface area contributed by atoms with Crippen LogP contribution in [0.2, 0.25) is 0 Å². The number of nitro benzene ring substituents is 1. The maximum atomic E-state index is 16.5. The van der Waals surface area contributed by atoms with Crippen LogP contribution in [0, 0.1) is 29.8 Å². The predicted octanol–water partition coefficient (Wildman–Crippen LogP) is 7.04. The molecule has 41 heavy (non-hydrogen) atoms. The molecule has 11 heteroatoms. The van der Waals surface area contributed by atoms with Crippen molar-refractivity contribution in [2.75, 3.05) is 6.61 Å². The van der Waals surface area contributed by atoms with Gasteiger partial charge in [-0.05, 0) is 68.7 Å². The molecule has 0 N–H and O–H groups in total. The highest BCUT2D eigenvalue weighted by Gasteiger charge is 2.28. The number of hydrogen-bond acceptors (Lipinski definition) is 8. The number of aryl methyl sites for hydroxylation is 3. The van der Waals surface area contributed by atoms with Gasteiger partial charge in [-0.2, -0.15) is 0 Å². The van der Waals surface area contributed by atoms with Crippen LogP contribution in [-0.2, 0) is 11.8 Å². The fourth-order valence-corrected chi connectivity index (χ4v) is 4.96. The van der Waals surface area contributed by atoms with Crippen molar-refractivity contribution in [3.05, 3.63) is 87.9 Å². The summed E-state index contributed by atoms with van der Waals surface area (Å²) in [6.07, 6.45) is 3.14. The van der Waals surface area contributed by atoms with E-state index >= 15 is 4.39 Å². The second-order valence-electron chi connectivity index (χ2n) is 9.68. The first-order valence-corrected chi connectivity index (χ1v) is 13.2. The van der Waals surface area contributed by atoms with Crippen molar-refractivity contribution in [2.45, 2.75) is 40.2 Å². The topological polar surface area (TPSA) is 118 Å². The van der Waals surface area contributed by atoms with Gasteiger partial charge in [-0.3, -0.25) is 10.1 Å². The van der Waals surface area contributed by atoms with Crippen molar-refractivity contribution in [1.29, 1.82) is 0 Å². The van der Waals surface area contributed by atoms with Gasteiger partial charge in [0, 0.05) is 54.2 Å². The van der Waals surface area contributed by atoms with Gasteiger partial charge in [-0.15, -0.1) is 0 Å². The summed E-state index contributed by atoms with van der Waals surface area (Å²) < 4.78 is 30.2. The molecule has 0 fully saturated rings. The molecular formula is C30H29FN6O4. The normalized spacial score (nSPS) is 12.0. The molecular weight excluding hydrogens is 527 g/mol. The number of halogens is 1. The van der Waals surface area contributed by atoms with E-state index in [-0.39, 0.29) is 17.4 Å². The Morgan fingerprint density at radius 3 is 2.51 bits per heavy atom. The van der Waals surface area contributed by atoms with Crippen LogP contribution >= 0.6 is 0 Å². The third-order valence-corrected chi connectivity index (χ3v) is 6.87. The van der Waals surface area contributed by atoms with Gasteiger partial charge in [0.15, 0.2) is 11.6 Å². The molecule has 0 spiro atoms. The molecule has 1 unspecified atom stereocenters. The second-order valence-corrected chi connectivity index (χ2v) is 9.68. The first-order valence-electron chi connectivity index (χ1n) is 13.2. The molecule has 0 aliphatic carbocycles. The van der Waals surface area contributed by atoms with Crippen LogP contribution in [0.3, 0.4) is 0 Å². The summed E-state index contributed by atoms with van der Waals surface area (Å²) in [6, 6.07) is 11.3. The number of hydrogen-bond donors (Lipinski definition) is 0. The first kappa shape index (κ1) is 27.8. The summed E-state index contributed by atoms with van der Waals surface area (Å²) in [5.74, 6) is -0.635. The average Bonchev–Trinajstić information content (AvgIpc) is 3.26. The molecule has 10 nitrogen and oxygen atoms in total. The van der Waals surface area contributed by atoms with Gasteiger partial charge in [-0.1, -0.05) is 6.92 Å². The SMILES string of the molecule is CCCOC(C)c1c(-c2c(-c3ccc([N+](=O)[O-])cc3)n(C)c3ncnc(C)c23)ccc(Oc2nccc(C)n2)c1F. The van der Waals surface area contributed by atoms with Crippen molar-refractivity contribution in [3.8, 4) is 34.1 Å². The number of nitro groups is 1. The van der Waals surface area contributed by atoms with E-state index in [2.05, 4.69) is 19.9 Å². The van der Waals surface area contributed by atoms with Crippen LogP contribution in [-0.4, -0.2) is 36.0 Å². The minimum atomic E-state index is -0.642. The Balaban J connectivity index is 1.79. The van der Waals surface area contributed by atoms with Crippen LogP contribution in [0.15, 0.2) is 55.0 Å².